The van der Waals surface area contributed by atoms with Crippen molar-refractivity contribution in [1.82, 2.24) is 14.6 Å². The lowest BCUT2D eigenvalue weighted by Gasteiger charge is -2.06. The van der Waals surface area contributed by atoms with Gasteiger partial charge >= 0.3 is 0 Å². The third kappa shape index (κ3) is 3.62. The second-order valence-electron chi connectivity index (χ2n) is 4.87. The summed E-state index contributed by atoms with van der Waals surface area (Å²) in [5.74, 6) is 1.78. The van der Waals surface area contributed by atoms with E-state index in [9.17, 15) is 0 Å². The molecule has 0 aromatic carbocycles. The van der Waals surface area contributed by atoms with Crippen LogP contribution in [0, 0.1) is 13.8 Å². The molecule has 0 bridgehead atoms. The Morgan fingerprint density at radius 3 is 2.82 bits per heavy atom. The van der Waals surface area contributed by atoms with E-state index in [2.05, 4.69) is 21.3 Å². The normalized spacial score (nSPS) is 11.9. The van der Waals surface area contributed by atoms with Crippen LogP contribution in [0.5, 0.6) is 0 Å². The molecule has 0 fully saturated rings. The molecule has 2 heterocycles. The minimum atomic E-state index is 0.403. The molecule has 2 aromatic heterocycles. The van der Waals surface area contributed by atoms with Crippen LogP contribution < -0.4 is 0 Å². The average Bonchev–Trinajstić information content (AvgIpc) is 2.86. The van der Waals surface area contributed by atoms with Gasteiger partial charge in [-0.05, 0) is 44.8 Å². The van der Waals surface area contributed by atoms with Crippen molar-refractivity contribution in [2.75, 3.05) is 18.6 Å². The standard InChI is InChI=1S/C15H21ClN4OS/c1-5-21-9-12-19-13-14(10(2)11(3)18-15(13)16)20(12)17-7-6-8-22-4/h7H,5-6,8-9H2,1-4H3. The van der Waals surface area contributed by atoms with Crippen LogP contribution in [0.15, 0.2) is 5.10 Å². The zero-order valence-electron chi connectivity index (χ0n) is 13.4. The molecule has 120 valence electrons. The Balaban J connectivity index is 2.54. The molecule has 0 aliphatic carbocycles. The highest BCUT2D eigenvalue weighted by Gasteiger charge is 2.17. The highest BCUT2D eigenvalue weighted by molar-refractivity contribution is 7.98. The first kappa shape index (κ1) is 17.2. The van der Waals surface area contributed by atoms with Crippen molar-refractivity contribution in [3.8, 4) is 0 Å². The zero-order chi connectivity index (χ0) is 16.1. The number of ether oxygens (including phenoxy) is 1. The number of hydrogen-bond acceptors (Lipinski definition) is 5. The van der Waals surface area contributed by atoms with E-state index in [-0.39, 0.29) is 0 Å². The van der Waals surface area contributed by atoms with Crippen LogP contribution >= 0.6 is 23.4 Å². The number of aromatic nitrogens is 3. The Morgan fingerprint density at radius 2 is 2.14 bits per heavy atom. The maximum atomic E-state index is 6.25. The van der Waals surface area contributed by atoms with Crippen molar-refractivity contribution < 1.29 is 4.74 Å². The predicted octanol–water partition coefficient (Wildman–Crippen LogP) is 3.83. The second kappa shape index (κ2) is 7.94. The Kier molecular flexibility index (Phi) is 6.23. The molecule has 0 aliphatic rings. The van der Waals surface area contributed by atoms with Gasteiger partial charge in [-0.3, -0.25) is 0 Å². The number of nitrogens with zero attached hydrogens (tertiary/aromatic N) is 4. The topological polar surface area (TPSA) is 52.3 Å². The maximum absolute atomic E-state index is 6.25. The third-order valence-corrected chi connectivity index (χ3v) is 4.27. The molecular formula is C15H21ClN4OS. The lowest BCUT2D eigenvalue weighted by molar-refractivity contribution is 0.126. The Morgan fingerprint density at radius 1 is 1.36 bits per heavy atom. The van der Waals surface area contributed by atoms with Gasteiger partial charge in [0.05, 0.1) is 0 Å². The van der Waals surface area contributed by atoms with E-state index < -0.39 is 0 Å². The number of rotatable bonds is 7. The molecule has 2 aromatic rings. The van der Waals surface area contributed by atoms with Gasteiger partial charge in [-0.1, -0.05) is 11.6 Å². The van der Waals surface area contributed by atoms with Crippen molar-refractivity contribution >= 4 is 40.6 Å². The van der Waals surface area contributed by atoms with Gasteiger partial charge in [0, 0.05) is 18.5 Å². The molecule has 7 heteroatoms. The minimum absolute atomic E-state index is 0.403. The first-order valence-corrected chi connectivity index (χ1v) is 9.00. The quantitative estimate of drug-likeness (QED) is 0.436. The van der Waals surface area contributed by atoms with Crippen molar-refractivity contribution in [2.24, 2.45) is 5.10 Å². The Hall–Kier alpha value is -1.11. The van der Waals surface area contributed by atoms with Crippen LogP contribution in [-0.4, -0.2) is 39.5 Å². The molecular weight excluding hydrogens is 320 g/mol. The molecule has 2 rings (SSSR count). The lowest BCUT2D eigenvalue weighted by atomic mass is 10.2. The highest BCUT2D eigenvalue weighted by Crippen LogP contribution is 2.27. The van der Waals surface area contributed by atoms with E-state index in [0.717, 1.165) is 34.8 Å². The molecule has 0 amide bonds. The molecule has 0 unspecified atom stereocenters. The summed E-state index contributed by atoms with van der Waals surface area (Å²) in [6.45, 7) is 6.95. The molecule has 0 saturated heterocycles. The zero-order valence-corrected chi connectivity index (χ0v) is 15.0. The fourth-order valence-electron chi connectivity index (χ4n) is 2.12. The monoisotopic (exact) mass is 340 g/mol. The third-order valence-electron chi connectivity index (χ3n) is 3.36. The second-order valence-corrected chi connectivity index (χ2v) is 6.21. The van der Waals surface area contributed by atoms with Gasteiger partial charge in [-0.2, -0.15) is 16.9 Å². The van der Waals surface area contributed by atoms with E-state index in [4.69, 9.17) is 16.3 Å². The van der Waals surface area contributed by atoms with Gasteiger partial charge in [-0.25, -0.2) is 14.6 Å². The molecule has 0 aliphatic heterocycles. The molecule has 0 radical (unpaired) electrons. The number of pyridine rings is 1. The van der Waals surface area contributed by atoms with Crippen molar-refractivity contribution in [3.63, 3.8) is 0 Å². The van der Waals surface area contributed by atoms with Crippen molar-refractivity contribution in [3.05, 3.63) is 22.2 Å². The number of halogens is 1. The van der Waals surface area contributed by atoms with Gasteiger partial charge in [0.25, 0.3) is 0 Å². The maximum Gasteiger partial charge on any atom is 0.157 e. The lowest BCUT2D eigenvalue weighted by Crippen LogP contribution is -2.03. The molecule has 0 N–H and O–H groups in total. The van der Waals surface area contributed by atoms with E-state index in [1.807, 2.05) is 31.7 Å². The van der Waals surface area contributed by atoms with E-state index in [1.54, 1.807) is 11.8 Å². The smallest absolute Gasteiger partial charge is 0.157 e. The summed E-state index contributed by atoms with van der Waals surface area (Å²) in [5.41, 5.74) is 3.52. The van der Waals surface area contributed by atoms with Crippen LogP contribution in [0.4, 0.5) is 0 Å². The summed E-state index contributed by atoms with van der Waals surface area (Å²) in [4.78, 5) is 8.91. The van der Waals surface area contributed by atoms with E-state index >= 15 is 0 Å². The highest BCUT2D eigenvalue weighted by atomic mass is 35.5. The van der Waals surface area contributed by atoms with Crippen LogP contribution in [0.25, 0.3) is 11.0 Å². The summed E-state index contributed by atoms with van der Waals surface area (Å²) in [6.07, 6.45) is 4.90. The molecule has 5 nitrogen and oxygen atoms in total. The average molecular weight is 341 g/mol. The van der Waals surface area contributed by atoms with Gasteiger partial charge in [-0.15, -0.1) is 0 Å². The van der Waals surface area contributed by atoms with Crippen LogP contribution in [0.1, 0.15) is 30.4 Å². The number of aryl methyl sites for hydroxylation is 2. The fourth-order valence-corrected chi connectivity index (χ4v) is 2.72. The van der Waals surface area contributed by atoms with E-state index in [0.29, 0.717) is 23.9 Å². The van der Waals surface area contributed by atoms with Gasteiger partial charge in [0.2, 0.25) is 0 Å². The van der Waals surface area contributed by atoms with Crippen LogP contribution in [0.3, 0.4) is 0 Å². The van der Waals surface area contributed by atoms with Gasteiger partial charge in [0.1, 0.15) is 17.6 Å². The Bertz CT molecular complexity index is 684. The summed E-state index contributed by atoms with van der Waals surface area (Å²) >= 11 is 8.05. The fraction of sp³-hybridized carbons (Fsp3) is 0.533. The van der Waals surface area contributed by atoms with Crippen molar-refractivity contribution in [2.45, 2.75) is 33.8 Å². The molecule has 0 spiro atoms. The summed E-state index contributed by atoms with van der Waals surface area (Å²) < 4.78 is 7.34. The molecule has 0 saturated carbocycles. The van der Waals surface area contributed by atoms with Crippen LogP contribution in [0.2, 0.25) is 5.15 Å². The predicted molar refractivity (Wildman–Crippen MR) is 94.2 cm³/mol. The SMILES string of the molecule is CCOCc1nc2c(Cl)nc(C)c(C)c2n1N=CCCSC. The minimum Gasteiger partial charge on any atom is -0.374 e. The largest absolute Gasteiger partial charge is 0.374 e. The first-order valence-electron chi connectivity index (χ1n) is 7.23. The number of imidazole rings is 1. The number of hydrogen-bond donors (Lipinski definition) is 0. The van der Waals surface area contributed by atoms with E-state index in [1.165, 1.54) is 0 Å². The number of thioether (sulfide) groups is 1. The summed E-state index contributed by atoms with van der Waals surface area (Å²) in [6, 6.07) is 0. The Labute approximate surface area is 140 Å². The summed E-state index contributed by atoms with van der Waals surface area (Å²) in [5, 5.41) is 4.99. The van der Waals surface area contributed by atoms with Crippen molar-refractivity contribution in [1.29, 1.82) is 0 Å². The molecule has 22 heavy (non-hydrogen) atoms. The van der Waals surface area contributed by atoms with Crippen LogP contribution in [-0.2, 0) is 11.3 Å². The molecule has 0 atom stereocenters. The van der Waals surface area contributed by atoms with Gasteiger partial charge in [0.15, 0.2) is 11.0 Å². The number of fused-ring (bicyclic) bond motifs is 1. The first-order chi connectivity index (χ1) is 10.6. The summed E-state index contributed by atoms with van der Waals surface area (Å²) in [7, 11) is 0. The van der Waals surface area contributed by atoms with Gasteiger partial charge < -0.3 is 4.74 Å².